The van der Waals surface area contributed by atoms with Crippen LogP contribution in [-0.2, 0) is 6.54 Å². The molecule has 22 heavy (non-hydrogen) atoms. The molecule has 0 radical (unpaired) electrons. The Bertz CT molecular complexity index is 495. The highest BCUT2D eigenvalue weighted by Crippen LogP contribution is 2.25. The molecule has 1 saturated carbocycles. The zero-order valence-electron chi connectivity index (χ0n) is 13.3. The average Bonchev–Trinajstić information content (AvgIpc) is 3.04. The maximum absolute atomic E-state index is 6.04. The highest BCUT2D eigenvalue weighted by Gasteiger charge is 2.18. The van der Waals surface area contributed by atoms with E-state index in [2.05, 4.69) is 27.2 Å². The Morgan fingerprint density at radius 1 is 1.45 bits per heavy atom. The minimum absolute atomic E-state index is 0.310. The third kappa shape index (κ3) is 5.06. The number of pyridine rings is 1. The molecule has 0 bridgehead atoms. The Balaban J connectivity index is 2.02. The standard InChI is InChI=1S/C17H26N4O/c1-3-11-20-17(18-4-2)21-13-14-8-7-12-19-16(14)22-15-9-5-6-10-15/h3,7-8,12,15H,1,4-6,9-11,13H2,2H3,(H2,18,20,21). The van der Waals surface area contributed by atoms with E-state index >= 15 is 0 Å². The lowest BCUT2D eigenvalue weighted by molar-refractivity contribution is 0.199. The van der Waals surface area contributed by atoms with Gasteiger partial charge in [0.15, 0.2) is 5.96 Å². The van der Waals surface area contributed by atoms with Crippen molar-refractivity contribution < 1.29 is 4.74 Å². The number of nitrogens with zero attached hydrogens (tertiary/aromatic N) is 2. The summed E-state index contributed by atoms with van der Waals surface area (Å²) in [6.45, 7) is 7.80. The summed E-state index contributed by atoms with van der Waals surface area (Å²) >= 11 is 0. The molecule has 5 heteroatoms. The van der Waals surface area contributed by atoms with Crippen molar-refractivity contribution in [2.24, 2.45) is 4.99 Å². The van der Waals surface area contributed by atoms with Crippen molar-refractivity contribution in [2.75, 3.05) is 13.1 Å². The Morgan fingerprint density at radius 3 is 3.00 bits per heavy atom. The molecule has 0 unspecified atom stereocenters. The predicted octanol–water partition coefficient (Wildman–Crippen LogP) is 2.64. The molecule has 1 aliphatic carbocycles. The van der Waals surface area contributed by atoms with Crippen LogP contribution in [0.3, 0.4) is 0 Å². The molecule has 1 aromatic rings. The van der Waals surface area contributed by atoms with Crippen LogP contribution in [0.2, 0.25) is 0 Å². The number of guanidine groups is 1. The molecule has 1 aliphatic rings. The van der Waals surface area contributed by atoms with E-state index in [1.165, 1.54) is 12.8 Å². The number of aliphatic imine (C=N–C) groups is 1. The zero-order chi connectivity index (χ0) is 15.6. The minimum atomic E-state index is 0.310. The van der Waals surface area contributed by atoms with Gasteiger partial charge < -0.3 is 15.4 Å². The number of ether oxygens (including phenoxy) is 1. The molecule has 2 N–H and O–H groups in total. The predicted molar refractivity (Wildman–Crippen MR) is 90.1 cm³/mol. The molecular weight excluding hydrogens is 276 g/mol. The van der Waals surface area contributed by atoms with Crippen LogP contribution < -0.4 is 15.4 Å². The van der Waals surface area contributed by atoms with Gasteiger partial charge >= 0.3 is 0 Å². The normalized spacial score (nSPS) is 15.6. The molecule has 5 nitrogen and oxygen atoms in total. The van der Waals surface area contributed by atoms with Gasteiger partial charge in [0, 0.05) is 24.8 Å². The SMILES string of the molecule is C=CCNC(=NCc1cccnc1OC1CCCC1)NCC. The first kappa shape index (κ1) is 16.3. The Kier molecular flexibility index (Phi) is 6.74. The lowest BCUT2D eigenvalue weighted by Crippen LogP contribution is -2.37. The van der Waals surface area contributed by atoms with E-state index in [0.29, 0.717) is 19.2 Å². The second-order valence-corrected chi connectivity index (χ2v) is 5.36. The second-order valence-electron chi connectivity index (χ2n) is 5.36. The quantitative estimate of drug-likeness (QED) is 0.462. The molecule has 2 rings (SSSR count). The Hall–Kier alpha value is -2.04. The first-order valence-corrected chi connectivity index (χ1v) is 8.07. The molecule has 0 aromatic carbocycles. The molecule has 0 atom stereocenters. The zero-order valence-corrected chi connectivity index (χ0v) is 13.3. The number of hydrogen-bond acceptors (Lipinski definition) is 3. The number of aromatic nitrogens is 1. The minimum Gasteiger partial charge on any atom is -0.474 e. The van der Waals surface area contributed by atoms with Gasteiger partial charge in [-0.3, -0.25) is 0 Å². The molecule has 0 aliphatic heterocycles. The molecule has 0 amide bonds. The summed E-state index contributed by atoms with van der Waals surface area (Å²) in [4.78, 5) is 8.96. The van der Waals surface area contributed by atoms with Crippen LogP contribution in [0, 0.1) is 0 Å². The Labute approximate surface area is 132 Å². The van der Waals surface area contributed by atoms with Crippen molar-refractivity contribution in [3.8, 4) is 5.88 Å². The van der Waals surface area contributed by atoms with Crippen LogP contribution in [0.5, 0.6) is 5.88 Å². The number of rotatable bonds is 7. The number of hydrogen-bond donors (Lipinski definition) is 2. The van der Waals surface area contributed by atoms with E-state index in [9.17, 15) is 0 Å². The van der Waals surface area contributed by atoms with E-state index < -0.39 is 0 Å². The van der Waals surface area contributed by atoms with E-state index in [4.69, 9.17) is 4.74 Å². The van der Waals surface area contributed by atoms with E-state index in [1.807, 2.05) is 25.1 Å². The third-order valence-electron chi connectivity index (χ3n) is 3.60. The lowest BCUT2D eigenvalue weighted by atomic mass is 10.2. The summed E-state index contributed by atoms with van der Waals surface area (Å²) in [6.07, 6.45) is 8.66. The molecular formula is C17H26N4O. The smallest absolute Gasteiger partial charge is 0.218 e. The van der Waals surface area contributed by atoms with Crippen LogP contribution in [0.4, 0.5) is 0 Å². The monoisotopic (exact) mass is 302 g/mol. The molecule has 0 saturated heterocycles. The van der Waals surface area contributed by atoms with Gasteiger partial charge in [-0.25, -0.2) is 9.98 Å². The van der Waals surface area contributed by atoms with Gasteiger partial charge in [0.1, 0.15) is 6.10 Å². The summed E-state index contributed by atoms with van der Waals surface area (Å²) in [7, 11) is 0. The topological polar surface area (TPSA) is 58.5 Å². The average molecular weight is 302 g/mol. The van der Waals surface area contributed by atoms with Crippen LogP contribution in [0.25, 0.3) is 0 Å². The maximum atomic E-state index is 6.04. The van der Waals surface area contributed by atoms with Gasteiger partial charge in [-0.15, -0.1) is 6.58 Å². The van der Waals surface area contributed by atoms with Crippen LogP contribution >= 0.6 is 0 Å². The molecule has 120 valence electrons. The molecule has 0 spiro atoms. The summed E-state index contributed by atoms with van der Waals surface area (Å²) < 4.78 is 6.04. The van der Waals surface area contributed by atoms with Gasteiger partial charge in [0.25, 0.3) is 0 Å². The fourth-order valence-corrected chi connectivity index (χ4v) is 2.49. The van der Waals surface area contributed by atoms with Gasteiger partial charge in [-0.2, -0.15) is 0 Å². The number of nitrogens with one attached hydrogen (secondary N) is 2. The lowest BCUT2D eigenvalue weighted by Gasteiger charge is -2.15. The summed E-state index contributed by atoms with van der Waals surface area (Å²) in [6, 6.07) is 3.95. The molecule has 1 heterocycles. The van der Waals surface area contributed by atoms with Crippen molar-refractivity contribution in [2.45, 2.75) is 45.3 Å². The van der Waals surface area contributed by atoms with E-state index in [-0.39, 0.29) is 0 Å². The first-order chi connectivity index (χ1) is 10.8. The van der Waals surface area contributed by atoms with Crippen molar-refractivity contribution in [3.05, 3.63) is 36.5 Å². The van der Waals surface area contributed by atoms with Gasteiger partial charge in [0.2, 0.25) is 5.88 Å². The Morgan fingerprint density at radius 2 is 2.27 bits per heavy atom. The van der Waals surface area contributed by atoms with E-state index in [0.717, 1.165) is 36.8 Å². The van der Waals surface area contributed by atoms with Crippen LogP contribution in [0.15, 0.2) is 36.0 Å². The fourth-order valence-electron chi connectivity index (χ4n) is 2.49. The van der Waals surface area contributed by atoms with E-state index in [1.54, 1.807) is 6.20 Å². The van der Waals surface area contributed by atoms with Gasteiger partial charge in [-0.05, 0) is 38.7 Å². The van der Waals surface area contributed by atoms with Crippen molar-refractivity contribution in [1.82, 2.24) is 15.6 Å². The van der Waals surface area contributed by atoms with Crippen molar-refractivity contribution in [1.29, 1.82) is 0 Å². The highest BCUT2D eigenvalue weighted by molar-refractivity contribution is 5.79. The van der Waals surface area contributed by atoms with Crippen LogP contribution in [-0.4, -0.2) is 30.1 Å². The van der Waals surface area contributed by atoms with Gasteiger partial charge in [0.05, 0.1) is 6.54 Å². The van der Waals surface area contributed by atoms with Crippen LogP contribution in [0.1, 0.15) is 38.2 Å². The van der Waals surface area contributed by atoms with Crippen molar-refractivity contribution >= 4 is 5.96 Å². The second kappa shape index (κ2) is 9.07. The summed E-state index contributed by atoms with van der Waals surface area (Å²) in [5.41, 5.74) is 1.02. The molecule has 1 aromatic heterocycles. The van der Waals surface area contributed by atoms with Gasteiger partial charge in [-0.1, -0.05) is 12.1 Å². The largest absolute Gasteiger partial charge is 0.474 e. The maximum Gasteiger partial charge on any atom is 0.218 e. The molecule has 1 fully saturated rings. The summed E-state index contributed by atoms with van der Waals surface area (Å²) in [5, 5.41) is 6.40. The van der Waals surface area contributed by atoms with Crippen molar-refractivity contribution in [3.63, 3.8) is 0 Å². The third-order valence-corrected chi connectivity index (χ3v) is 3.60. The summed E-state index contributed by atoms with van der Waals surface area (Å²) in [5.74, 6) is 1.50. The highest BCUT2D eigenvalue weighted by atomic mass is 16.5. The fraction of sp³-hybridized carbons (Fsp3) is 0.529. The first-order valence-electron chi connectivity index (χ1n) is 8.07.